The number of carbonyl (C=O) groups is 1. The predicted octanol–water partition coefficient (Wildman–Crippen LogP) is 1.71. The fraction of sp³-hybridized carbons (Fsp3) is 0.533. The number of nitrogens with zero attached hydrogens (tertiary/aromatic N) is 1. The van der Waals surface area contributed by atoms with Gasteiger partial charge in [-0.05, 0) is 37.1 Å². The zero-order valence-corrected chi connectivity index (χ0v) is 12.0. The lowest BCUT2D eigenvalue weighted by molar-refractivity contribution is 0.0322. The van der Waals surface area contributed by atoms with E-state index in [1.165, 1.54) is 0 Å². The van der Waals surface area contributed by atoms with Gasteiger partial charge >= 0.3 is 5.97 Å². The topological polar surface area (TPSA) is 59.0 Å². The fourth-order valence-electron chi connectivity index (χ4n) is 2.40. The Hall–Kier alpha value is -1.59. The van der Waals surface area contributed by atoms with Crippen LogP contribution in [0, 0.1) is 13.8 Å². The number of aromatic carboxylic acids is 1. The minimum Gasteiger partial charge on any atom is -0.492 e. The third-order valence-corrected chi connectivity index (χ3v) is 3.46. The van der Waals surface area contributed by atoms with E-state index in [0.717, 1.165) is 49.7 Å². The highest BCUT2D eigenvalue weighted by molar-refractivity contribution is 5.88. The molecule has 110 valence electrons. The average Bonchev–Trinajstić information content (AvgIpc) is 2.42. The van der Waals surface area contributed by atoms with Crippen LogP contribution in [0.3, 0.4) is 0 Å². The Balaban J connectivity index is 1.93. The van der Waals surface area contributed by atoms with Crippen molar-refractivity contribution >= 4 is 5.97 Å². The minimum atomic E-state index is -0.906. The van der Waals surface area contributed by atoms with Crippen molar-refractivity contribution in [2.24, 2.45) is 0 Å². The molecule has 1 N–H and O–H groups in total. The molecule has 1 saturated heterocycles. The quantitative estimate of drug-likeness (QED) is 0.889. The maximum absolute atomic E-state index is 11.0. The highest BCUT2D eigenvalue weighted by atomic mass is 16.5. The van der Waals surface area contributed by atoms with Crippen LogP contribution in [-0.4, -0.2) is 55.4 Å². The van der Waals surface area contributed by atoms with E-state index in [2.05, 4.69) is 4.90 Å². The molecule has 1 aliphatic heterocycles. The number of rotatable bonds is 5. The van der Waals surface area contributed by atoms with Gasteiger partial charge in [-0.15, -0.1) is 0 Å². The summed E-state index contributed by atoms with van der Waals surface area (Å²) >= 11 is 0. The zero-order chi connectivity index (χ0) is 14.5. The van der Waals surface area contributed by atoms with Crippen molar-refractivity contribution in [1.29, 1.82) is 0 Å². The van der Waals surface area contributed by atoms with E-state index in [1.807, 2.05) is 13.8 Å². The van der Waals surface area contributed by atoms with Crippen LogP contribution in [0.5, 0.6) is 5.75 Å². The average molecular weight is 279 g/mol. The van der Waals surface area contributed by atoms with Crippen LogP contribution in [-0.2, 0) is 4.74 Å². The van der Waals surface area contributed by atoms with Gasteiger partial charge in [-0.25, -0.2) is 4.79 Å². The van der Waals surface area contributed by atoms with Gasteiger partial charge in [0.25, 0.3) is 0 Å². The number of aryl methyl sites for hydroxylation is 2. The van der Waals surface area contributed by atoms with Crippen LogP contribution in [0.2, 0.25) is 0 Å². The summed E-state index contributed by atoms with van der Waals surface area (Å²) in [6, 6.07) is 3.30. The van der Waals surface area contributed by atoms with Crippen molar-refractivity contribution < 1.29 is 19.4 Å². The van der Waals surface area contributed by atoms with Crippen LogP contribution >= 0.6 is 0 Å². The largest absolute Gasteiger partial charge is 0.492 e. The summed E-state index contributed by atoms with van der Waals surface area (Å²) in [5, 5.41) is 9.01. The molecule has 0 radical (unpaired) electrons. The van der Waals surface area contributed by atoms with Gasteiger partial charge in [0, 0.05) is 19.6 Å². The first-order valence-corrected chi connectivity index (χ1v) is 6.85. The first-order chi connectivity index (χ1) is 9.58. The van der Waals surface area contributed by atoms with Gasteiger partial charge in [0.05, 0.1) is 18.8 Å². The number of carboxylic acid groups (broad SMARTS) is 1. The molecule has 1 fully saturated rings. The monoisotopic (exact) mass is 279 g/mol. The van der Waals surface area contributed by atoms with Gasteiger partial charge in [0.2, 0.25) is 0 Å². The van der Waals surface area contributed by atoms with Crippen LogP contribution < -0.4 is 4.74 Å². The molecule has 1 aromatic carbocycles. The number of benzene rings is 1. The number of carboxylic acids is 1. The molecule has 2 rings (SSSR count). The van der Waals surface area contributed by atoms with E-state index in [9.17, 15) is 4.79 Å². The van der Waals surface area contributed by atoms with Gasteiger partial charge in [-0.2, -0.15) is 0 Å². The summed E-state index contributed by atoms with van der Waals surface area (Å²) in [5.74, 6) is -0.112. The first kappa shape index (κ1) is 14.8. The molecule has 0 atom stereocenters. The Kier molecular flexibility index (Phi) is 4.98. The molecule has 0 bridgehead atoms. The van der Waals surface area contributed by atoms with E-state index >= 15 is 0 Å². The molecule has 0 saturated carbocycles. The Labute approximate surface area is 119 Å². The van der Waals surface area contributed by atoms with Crippen LogP contribution in [0.15, 0.2) is 12.1 Å². The molecule has 0 unspecified atom stereocenters. The molecular weight excluding hydrogens is 258 g/mol. The highest BCUT2D eigenvalue weighted by Gasteiger charge is 2.13. The molecule has 0 aliphatic carbocycles. The molecule has 1 aliphatic rings. The van der Waals surface area contributed by atoms with Gasteiger partial charge in [0.1, 0.15) is 12.4 Å². The van der Waals surface area contributed by atoms with Gasteiger partial charge in [0.15, 0.2) is 0 Å². The van der Waals surface area contributed by atoms with Crippen molar-refractivity contribution in [3.05, 3.63) is 28.8 Å². The van der Waals surface area contributed by atoms with Crippen molar-refractivity contribution in [3.8, 4) is 5.75 Å². The Morgan fingerprint density at radius 1 is 1.30 bits per heavy atom. The second-order valence-electron chi connectivity index (χ2n) is 5.05. The normalized spacial score (nSPS) is 16.1. The lowest BCUT2D eigenvalue weighted by Gasteiger charge is -2.26. The molecule has 5 heteroatoms. The fourth-order valence-corrected chi connectivity index (χ4v) is 2.40. The number of ether oxygens (including phenoxy) is 2. The summed E-state index contributed by atoms with van der Waals surface area (Å²) in [6.07, 6.45) is 0. The molecular formula is C15H21NO4. The van der Waals surface area contributed by atoms with E-state index in [1.54, 1.807) is 12.1 Å². The maximum atomic E-state index is 11.0. The molecule has 1 aromatic rings. The van der Waals surface area contributed by atoms with Gasteiger partial charge in [-0.3, -0.25) is 4.90 Å². The third kappa shape index (κ3) is 3.71. The van der Waals surface area contributed by atoms with Crippen LogP contribution in [0.1, 0.15) is 21.5 Å². The lowest BCUT2D eigenvalue weighted by atomic mass is 10.1. The predicted molar refractivity (Wildman–Crippen MR) is 75.6 cm³/mol. The van der Waals surface area contributed by atoms with E-state index < -0.39 is 5.97 Å². The Morgan fingerprint density at radius 3 is 2.45 bits per heavy atom. The van der Waals surface area contributed by atoms with Crippen molar-refractivity contribution in [1.82, 2.24) is 4.90 Å². The van der Waals surface area contributed by atoms with Crippen molar-refractivity contribution in [2.75, 3.05) is 39.5 Å². The Morgan fingerprint density at radius 2 is 1.90 bits per heavy atom. The summed E-state index contributed by atoms with van der Waals surface area (Å²) < 4.78 is 11.1. The summed E-state index contributed by atoms with van der Waals surface area (Å²) in [5.41, 5.74) is 2.04. The van der Waals surface area contributed by atoms with Crippen molar-refractivity contribution in [3.63, 3.8) is 0 Å². The van der Waals surface area contributed by atoms with E-state index in [4.69, 9.17) is 14.6 Å². The standard InChI is InChI=1S/C15H21NO4/c1-11-9-13(15(17)18)10-12(2)14(11)20-8-5-16-3-6-19-7-4-16/h9-10H,3-8H2,1-2H3,(H,17,18). The minimum absolute atomic E-state index is 0.306. The first-order valence-electron chi connectivity index (χ1n) is 6.85. The van der Waals surface area contributed by atoms with Crippen LogP contribution in [0.4, 0.5) is 0 Å². The lowest BCUT2D eigenvalue weighted by Crippen LogP contribution is -2.38. The van der Waals surface area contributed by atoms with Crippen LogP contribution in [0.25, 0.3) is 0 Å². The molecule has 20 heavy (non-hydrogen) atoms. The zero-order valence-electron chi connectivity index (χ0n) is 12.0. The molecule has 0 amide bonds. The maximum Gasteiger partial charge on any atom is 0.335 e. The number of hydrogen-bond acceptors (Lipinski definition) is 4. The Bertz CT molecular complexity index is 458. The highest BCUT2D eigenvalue weighted by Crippen LogP contribution is 2.24. The SMILES string of the molecule is Cc1cc(C(=O)O)cc(C)c1OCCN1CCOCC1. The second-order valence-corrected chi connectivity index (χ2v) is 5.05. The molecule has 0 spiro atoms. The second kappa shape index (κ2) is 6.72. The summed E-state index contributed by atoms with van der Waals surface area (Å²) in [4.78, 5) is 13.3. The molecule has 5 nitrogen and oxygen atoms in total. The third-order valence-electron chi connectivity index (χ3n) is 3.46. The van der Waals surface area contributed by atoms with Gasteiger partial charge < -0.3 is 14.6 Å². The molecule has 1 heterocycles. The smallest absolute Gasteiger partial charge is 0.335 e. The summed E-state index contributed by atoms with van der Waals surface area (Å²) in [6.45, 7) is 8.68. The molecule has 0 aromatic heterocycles. The van der Waals surface area contributed by atoms with Crippen molar-refractivity contribution in [2.45, 2.75) is 13.8 Å². The summed E-state index contributed by atoms with van der Waals surface area (Å²) in [7, 11) is 0. The number of morpholine rings is 1. The van der Waals surface area contributed by atoms with Gasteiger partial charge in [-0.1, -0.05) is 0 Å². The van der Waals surface area contributed by atoms with E-state index in [-0.39, 0.29) is 0 Å². The number of hydrogen-bond donors (Lipinski definition) is 1. The van der Waals surface area contributed by atoms with E-state index in [0.29, 0.717) is 12.2 Å².